The van der Waals surface area contributed by atoms with Crippen molar-refractivity contribution < 1.29 is 8.42 Å². The third-order valence-electron chi connectivity index (χ3n) is 1.81. The molecule has 0 heterocycles. The first-order valence-electron chi connectivity index (χ1n) is 3.40. The molecule has 0 aromatic heterocycles. The second-order valence-electron chi connectivity index (χ2n) is 3.19. The minimum Gasteiger partial charge on any atom is -0.328 e. The summed E-state index contributed by atoms with van der Waals surface area (Å²) in [5, 5.41) is 0. The normalized spacial score (nSPS) is 30.4. The standard InChI is InChI=1S/C6H13NO2S.ClH/c1-10(8,9)4-5-2-6(7)3-5;/h5-6H,2-4,7H2,1H3;1H. The minimum absolute atomic E-state index is 0. The highest BCUT2D eigenvalue weighted by molar-refractivity contribution is 7.90. The van der Waals surface area contributed by atoms with E-state index in [1.807, 2.05) is 0 Å². The summed E-state index contributed by atoms with van der Waals surface area (Å²) >= 11 is 0. The predicted molar refractivity (Wildman–Crippen MR) is 47.7 cm³/mol. The van der Waals surface area contributed by atoms with E-state index in [2.05, 4.69) is 0 Å². The minimum atomic E-state index is -2.76. The van der Waals surface area contributed by atoms with Crippen LogP contribution in [0.1, 0.15) is 12.8 Å². The molecule has 11 heavy (non-hydrogen) atoms. The van der Waals surface area contributed by atoms with Gasteiger partial charge in [-0.25, -0.2) is 8.42 Å². The Bertz CT molecular complexity index is 209. The van der Waals surface area contributed by atoms with E-state index in [0.29, 0.717) is 11.7 Å². The van der Waals surface area contributed by atoms with Gasteiger partial charge in [0, 0.05) is 12.3 Å². The lowest BCUT2D eigenvalue weighted by Crippen LogP contribution is -2.39. The maximum Gasteiger partial charge on any atom is 0.147 e. The van der Waals surface area contributed by atoms with E-state index < -0.39 is 9.84 Å². The molecule has 0 aromatic carbocycles. The molecule has 0 aliphatic heterocycles. The molecule has 1 rings (SSSR count). The Morgan fingerprint density at radius 2 is 1.91 bits per heavy atom. The van der Waals surface area contributed by atoms with E-state index >= 15 is 0 Å². The zero-order valence-corrected chi connectivity index (χ0v) is 8.12. The number of rotatable bonds is 2. The zero-order valence-electron chi connectivity index (χ0n) is 6.49. The first-order chi connectivity index (χ1) is 4.47. The average molecular weight is 200 g/mol. The summed E-state index contributed by atoms with van der Waals surface area (Å²) in [7, 11) is -2.76. The fourth-order valence-electron chi connectivity index (χ4n) is 1.35. The monoisotopic (exact) mass is 199 g/mol. The molecular weight excluding hydrogens is 186 g/mol. The van der Waals surface area contributed by atoms with Crippen molar-refractivity contribution in [1.29, 1.82) is 0 Å². The van der Waals surface area contributed by atoms with Crippen LogP contribution in [0.25, 0.3) is 0 Å². The van der Waals surface area contributed by atoms with E-state index in [1.165, 1.54) is 6.26 Å². The number of nitrogens with two attached hydrogens (primary N) is 1. The van der Waals surface area contributed by atoms with Crippen LogP contribution >= 0.6 is 12.4 Å². The first-order valence-corrected chi connectivity index (χ1v) is 5.47. The summed E-state index contributed by atoms with van der Waals surface area (Å²) in [5.74, 6) is 0.658. The highest BCUT2D eigenvalue weighted by Gasteiger charge is 2.28. The number of halogens is 1. The van der Waals surface area contributed by atoms with Gasteiger partial charge in [-0.3, -0.25) is 0 Å². The van der Waals surface area contributed by atoms with Gasteiger partial charge in [-0.1, -0.05) is 0 Å². The van der Waals surface area contributed by atoms with Gasteiger partial charge in [0.1, 0.15) is 9.84 Å². The highest BCUT2D eigenvalue weighted by atomic mass is 35.5. The van der Waals surface area contributed by atoms with Gasteiger partial charge in [-0.05, 0) is 18.8 Å². The van der Waals surface area contributed by atoms with Crippen molar-refractivity contribution in [2.45, 2.75) is 18.9 Å². The second-order valence-corrected chi connectivity index (χ2v) is 5.37. The van der Waals surface area contributed by atoms with Gasteiger partial charge in [0.15, 0.2) is 0 Å². The molecule has 3 nitrogen and oxygen atoms in total. The Morgan fingerprint density at radius 3 is 2.18 bits per heavy atom. The molecule has 0 atom stereocenters. The van der Waals surface area contributed by atoms with Gasteiger partial charge in [0.2, 0.25) is 0 Å². The number of hydrogen-bond donors (Lipinski definition) is 1. The average Bonchev–Trinajstić information content (AvgIpc) is 1.57. The Morgan fingerprint density at radius 1 is 1.45 bits per heavy atom. The third kappa shape index (κ3) is 3.94. The van der Waals surface area contributed by atoms with Crippen LogP contribution in [-0.2, 0) is 9.84 Å². The zero-order chi connectivity index (χ0) is 7.78. The van der Waals surface area contributed by atoms with E-state index in [9.17, 15) is 8.42 Å². The smallest absolute Gasteiger partial charge is 0.147 e. The molecular formula is C6H14ClNO2S. The Balaban J connectivity index is 0.000001000. The van der Waals surface area contributed by atoms with Crippen molar-refractivity contribution in [3.05, 3.63) is 0 Å². The van der Waals surface area contributed by atoms with Crippen molar-refractivity contribution in [3.8, 4) is 0 Å². The van der Waals surface area contributed by atoms with Crippen LogP contribution in [0.2, 0.25) is 0 Å². The predicted octanol–water partition coefficient (Wildman–Crippen LogP) is 0.190. The largest absolute Gasteiger partial charge is 0.328 e. The Kier molecular flexibility index (Phi) is 3.80. The van der Waals surface area contributed by atoms with Crippen molar-refractivity contribution >= 4 is 22.2 Å². The molecule has 1 aliphatic rings. The molecule has 0 spiro atoms. The van der Waals surface area contributed by atoms with Crippen LogP contribution in [0, 0.1) is 5.92 Å². The van der Waals surface area contributed by atoms with Gasteiger partial charge in [-0.2, -0.15) is 0 Å². The molecule has 2 N–H and O–H groups in total. The van der Waals surface area contributed by atoms with Crippen molar-refractivity contribution in [2.24, 2.45) is 11.7 Å². The van der Waals surface area contributed by atoms with Gasteiger partial charge < -0.3 is 5.73 Å². The quantitative estimate of drug-likeness (QED) is 0.691. The highest BCUT2D eigenvalue weighted by Crippen LogP contribution is 2.26. The van der Waals surface area contributed by atoms with Crippen LogP contribution in [0.5, 0.6) is 0 Å². The molecule has 0 bridgehead atoms. The van der Waals surface area contributed by atoms with Crippen LogP contribution in [-0.4, -0.2) is 26.5 Å². The van der Waals surface area contributed by atoms with Gasteiger partial charge in [0.05, 0.1) is 5.75 Å². The fourth-order valence-corrected chi connectivity index (χ4v) is 2.48. The topological polar surface area (TPSA) is 60.2 Å². The molecule has 0 radical (unpaired) electrons. The summed E-state index contributed by atoms with van der Waals surface area (Å²) in [4.78, 5) is 0. The van der Waals surface area contributed by atoms with E-state index in [1.54, 1.807) is 0 Å². The van der Waals surface area contributed by atoms with Gasteiger partial charge >= 0.3 is 0 Å². The summed E-state index contributed by atoms with van der Waals surface area (Å²) in [6, 6.07) is 0.256. The van der Waals surface area contributed by atoms with Crippen LogP contribution in [0.15, 0.2) is 0 Å². The third-order valence-corrected chi connectivity index (χ3v) is 2.89. The molecule has 0 unspecified atom stereocenters. The molecule has 0 aromatic rings. The van der Waals surface area contributed by atoms with Crippen molar-refractivity contribution in [1.82, 2.24) is 0 Å². The lowest BCUT2D eigenvalue weighted by Gasteiger charge is -2.31. The second kappa shape index (κ2) is 3.74. The van der Waals surface area contributed by atoms with Crippen molar-refractivity contribution in [2.75, 3.05) is 12.0 Å². The maximum absolute atomic E-state index is 10.7. The summed E-state index contributed by atoms with van der Waals surface area (Å²) in [5.41, 5.74) is 5.49. The molecule has 1 saturated carbocycles. The Labute approximate surface area is 73.7 Å². The molecule has 5 heteroatoms. The summed E-state index contributed by atoms with van der Waals surface area (Å²) < 4.78 is 21.4. The Hall–Kier alpha value is 0.200. The molecule has 0 saturated heterocycles. The SMILES string of the molecule is CS(=O)(=O)CC1CC(N)C1.Cl. The number of sulfone groups is 1. The van der Waals surface area contributed by atoms with Gasteiger partial charge in [0.25, 0.3) is 0 Å². The molecule has 1 aliphatic carbocycles. The molecule has 68 valence electrons. The van der Waals surface area contributed by atoms with Crippen molar-refractivity contribution in [3.63, 3.8) is 0 Å². The summed E-state index contributed by atoms with van der Waals surface area (Å²) in [6.45, 7) is 0. The van der Waals surface area contributed by atoms with Gasteiger partial charge in [-0.15, -0.1) is 12.4 Å². The number of hydrogen-bond acceptors (Lipinski definition) is 3. The lowest BCUT2D eigenvalue weighted by molar-refractivity contribution is 0.292. The van der Waals surface area contributed by atoms with Crippen LogP contribution in [0.3, 0.4) is 0 Å². The summed E-state index contributed by atoms with van der Waals surface area (Å²) in [6.07, 6.45) is 3.04. The van der Waals surface area contributed by atoms with Crippen LogP contribution < -0.4 is 5.73 Å². The van der Waals surface area contributed by atoms with Crippen LogP contribution in [0.4, 0.5) is 0 Å². The lowest BCUT2D eigenvalue weighted by atomic mass is 9.82. The van der Waals surface area contributed by atoms with E-state index in [0.717, 1.165) is 12.8 Å². The van der Waals surface area contributed by atoms with E-state index in [-0.39, 0.29) is 18.4 Å². The van der Waals surface area contributed by atoms with E-state index in [4.69, 9.17) is 5.73 Å². The maximum atomic E-state index is 10.7. The first kappa shape index (κ1) is 11.2. The molecule has 1 fully saturated rings. The molecule has 0 amide bonds. The fraction of sp³-hybridized carbons (Fsp3) is 1.00.